The SMILES string of the molecule is CCOC(=O)C1=C2C[C@H](NS(=O)(=O)C3COC3)CN2C(c2nccs2)=N[C@H]1c1ccc(F)cc1Cl.CCOC(=O)C1=C2C[C@H](NS(=O)(=O)CC(=O)O)CN2C(c2nccs2)=N[C@H]1c1ccc(F)cc1Cl.CCOC(=O)C1=C2C[C@H](NS(C)(=O)=O)CN2C(c2nccs2)=N[C@H]1c1ccc(F)cc1.CCOC(=O)C1=C2[C@@H](CS(C)(=O)=O)CCN2C(c2nccs2)=N[C@H]1c1ccc(F)cc1Br. The number of fused-ring (bicyclic) bond motifs is 4. The number of sulfone groups is 1. The molecule has 4 N–H and O–H groups in total. The maximum atomic E-state index is 13.8. The number of thiazole rings is 4. The van der Waals surface area contributed by atoms with Crippen LogP contribution in [-0.2, 0) is 87.6 Å². The van der Waals surface area contributed by atoms with Gasteiger partial charge in [0.15, 0.2) is 49.1 Å². The number of hydrogen-bond acceptors (Lipinski definition) is 34. The van der Waals surface area contributed by atoms with E-state index in [9.17, 15) is 75.2 Å². The molecule has 4 aromatic carbocycles. The third kappa shape index (κ3) is 22.9. The first-order chi connectivity index (χ1) is 63.3. The van der Waals surface area contributed by atoms with E-state index in [1.165, 1.54) is 106 Å². The predicted molar refractivity (Wildman–Crippen MR) is 493 cm³/mol. The average molecular weight is 2090 g/mol. The van der Waals surface area contributed by atoms with Crippen molar-refractivity contribution in [1.82, 2.24) is 53.7 Å². The van der Waals surface area contributed by atoms with Gasteiger partial charge < -0.3 is 48.4 Å². The van der Waals surface area contributed by atoms with Crippen LogP contribution in [-0.4, -0.2) is 245 Å². The summed E-state index contributed by atoms with van der Waals surface area (Å²) in [4.78, 5) is 107. The third-order valence-corrected chi connectivity index (χ3v) is 30.9. The van der Waals surface area contributed by atoms with E-state index in [2.05, 4.69) is 50.0 Å². The third-order valence-electron chi connectivity index (χ3n) is 21.6. The van der Waals surface area contributed by atoms with E-state index in [1.807, 2.05) is 25.5 Å². The van der Waals surface area contributed by atoms with Gasteiger partial charge in [-0.2, -0.15) is 0 Å². The highest BCUT2D eigenvalue weighted by atomic mass is 79.9. The Labute approximate surface area is 795 Å². The minimum atomic E-state index is -4.13. The average Bonchev–Trinajstić information content (AvgIpc) is 1.63. The Balaban J connectivity index is 0.000000143. The van der Waals surface area contributed by atoms with Crippen molar-refractivity contribution in [2.45, 2.75) is 101 Å². The predicted octanol–water partition coefficient (Wildman–Crippen LogP) is 10.9. The van der Waals surface area contributed by atoms with Crippen LogP contribution >= 0.6 is 84.5 Å². The summed E-state index contributed by atoms with van der Waals surface area (Å²) in [6, 6.07) is 12.6. The molecule has 8 aromatic rings. The number of esters is 4. The first kappa shape index (κ1) is 99.0. The smallest absolute Gasteiger partial charge is 0.338 e. The first-order valence-electron chi connectivity index (χ1n) is 41.0. The van der Waals surface area contributed by atoms with Gasteiger partial charge in [0, 0.05) is 170 Å². The Hall–Kier alpha value is -9.99. The van der Waals surface area contributed by atoms with Gasteiger partial charge in [-0.05, 0) is 93.8 Å². The minimum absolute atomic E-state index is 0.0600. The van der Waals surface area contributed by atoms with E-state index in [-0.39, 0.29) is 98.1 Å². The summed E-state index contributed by atoms with van der Waals surface area (Å²) in [7, 11) is -14.5. The lowest BCUT2D eigenvalue weighted by Crippen LogP contribution is -2.50. The van der Waals surface area contributed by atoms with Gasteiger partial charge in [0.2, 0.25) is 30.1 Å². The van der Waals surface area contributed by atoms with Crippen molar-refractivity contribution < 1.29 is 104 Å². The fourth-order valence-electron chi connectivity index (χ4n) is 16.3. The molecule has 4 aromatic heterocycles. The highest BCUT2D eigenvalue weighted by Gasteiger charge is 2.50. The Kier molecular flexibility index (Phi) is 31.3. The van der Waals surface area contributed by atoms with E-state index < -0.39 is 152 Å². The van der Waals surface area contributed by atoms with Gasteiger partial charge in [-0.25, -0.2) is 105 Å². The number of carboxylic acid groups (broad SMARTS) is 1. The lowest BCUT2D eigenvalue weighted by atomic mass is 9.91. The normalized spacial score (nSPS) is 21.2. The molecule has 5 saturated heterocycles. The first-order valence-corrected chi connectivity index (χ1v) is 53.2. The summed E-state index contributed by atoms with van der Waals surface area (Å²) in [5.74, 6) is -5.32. The Morgan fingerprint density at radius 1 is 0.496 bits per heavy atom. The van der Waals surface area contributed by atoms with Crippen molar-refractivity contribution in [2.75, 3.05) is 89.8 Å². The summed E-state index contributed by atoms with van der Waals surface area (Å²) in [6.45, 7) is 8.78. The van der Waals surface area contributed by atoms with Crippen molar-refractivity contribution in [3.8, 4) is 0 Å². The van der Waals surface area contributed by atoms with Crippen LogP contribution in [0.5, 0.6) is 0 Å². The molecule has 706 valence electrons. The number of carbonyl (C=O) groups excluding carboxylic acids is 4. The van der Waals surface area contributed by atoms with E-state index in [0.29, 0.717) is 124 Å². The number of carboxylic acids is 1. The number of amidine groups is 4. The lowest BCUT2D eigenvalue weighted by molar-refractivity contribution is -0.140. The van der Waals surface area contributed by atoms with Crippen molar-refractivity contribution in [3.05, 3.63) is 250 Å². The number of benzene rings is 4. The maximum Gasteiger partial charge on any atom is 0.338 e. The Bertz CT molecular complexity index is 6560. The van der Waals surface area contributed by atoms with E-state index in [4.69, 9.17) is 72.0 Å². The number of aromatic nitrogens is 4. The number of ether oxygens (including phenoxy) is 5. The van der Waals surface area contributed by atoms with Crippen LogP contribution in [0.15, 0.2) is 195 Å². The summed E-state index contributed by atoms with van der Waals surface area (Å²) in [6.07, 6.45) is 9.97. The van der Waals surface area contributed by atoms with Crippen molar-refractivity contribution >= 4 is 178 Å². The van der Waals surface area contributed by atoms with Gasteiger partial charge in [-0.1, -0.05) is 69.5 Å². The van der Waals surface area contributed by atoms with Gasteiger partial charge >= 0.3 is 29.8 Å². The molecule has 0 spiro atoms. The highest BCUT2D eigenvalue weighted by Crippen LogP contribution is 2.49. The number of sulfonamides is 3. The molecular weight excluding hydrogens is 2010 g/mol. The molecule has 0 saturated carbocycles. The number of carbonyl (C=O) groups is 5. The Morgan fingerprint density at radius 2 is 0.865 bits per heavy atom. The molecule has 0 amide bonds. The van der Waals surface area contributed by atoms with Crippen LogP contribution < -0.4 is 14.2 Å². The van der Waals surface area contributed by atoms with Gasteiger partial charge in [-0.3, -0.25) is 24.8 Å². The second-order valence-electron chi connectivity index (χ2n) is 30.8. The van der Waals surface area contributed by atoms with Crippen LogP contribution in [0.1, 0.15) is 120 Å². The molecule has 5 fully saturated rings. The number of halogens is 7. The number of nitrogens with zero attached hydrogens (tertiary/aromatic N) is 12. The van der Waals surface area contributed by atoms with Crippen molar-refractivity contribution in [3.63, 3.8) is 0 Å². The lowest BCUT2D eigenvalue weighted by Gasteiger charge is -2.33. The van der Waals surface area contributed by atoms with Gasteiger partial charge in [0.05, 0.1) is 73.9 Å². The molecule has 17 rings (SSSR count). The fraction of sp³-hybridized carbons (Fsp3) is 0.369. The van der Waals surface area contributed by atoms with Crippen LogP contribution in [0.25, 0.3) is 0 Å². The molecule has 13 heterocycles. The molecule has 9 aliphatic rings. The zero-order valence-electron chi connectivity index (χ0n) is 71.2. The molecule has 8 atom stereocenters. The van der Waals surface area contributed by atoms with Gasteiger partial charge in [0.1, 0.15) is 62.5 Å². The van der Waals surface area contributed by atoms with Crippen LogP contribution in [0.4, 0.5) is 17.6 Å². The summed E-state index contributed by atoms with van der Waals surface area (Å²) < 4.78 is 188. The quantitative estimate of drug-likeness (QED) is 0.0211. The second kappa shape index (κ2) is 42.1. The zero-order valence-corrected chi connectivity index (χ0v) is 80.8. The molecule has 133 heavy (non-hydrogen) atoms. The minimum Gasteiger partial charge on any atom is -0.480 e. The standard InChI is InChI=1S/C22H22ClFN4O5S2.C21H21BrFN3O4S2.C21H20ClFN4O6S2.C20H21FN4O4S2/c1-2-33-22(29)18-17-8-13(27-35(30,31)14-10-32-11-14)9-28(17)20(21-25-5-6-34-21)26-19(18)15-4-3-12(24)7-16(15)23;1-3-30-21(27)16-17(14-5-4-13(23)10-15(14)22)25-19(20-24-7-9-31-20)26-8-6-12(18(16)26)11-32(2,28)29;1-2-33-21(30)17-15-8-12(26-35(31,32)10-16(28)29)9-27(15)19(20-24-5-6-34-20)25-18(17)13-4-3-11(23)7-14(13)22;1-3-29-20(26)16-15-10-14(24-31(2,27)28)11-25(15)18(19-22-8-9-30-19)23-17(16)12-4-6-13(21)7-5-12/h3-7,13-14,19,27H,2,8-11H2,1H3;4-5,7,9-10,12,17H,3,6,8,11H2,1-2H3;3-7,12,18,26H,2,8-10H2,1H3,(H,28,29);4-9,14,17,24H,3,10-11H2,1-2H3/t13-,19-;12-,17+;12-,18-;14-,17-/m0100/s1. The number of aliphatic carboxylic acids is 1. The van der Waals surface area contributed by atoms with Gasteiger partial charge in [0.25, 0.3) is 0 Å². The highest BCUT2D eigenvalue weighted by molar-refractivity contribution is 9.10. The number of hydrogen-bond donors (Lipinski definition) is 4. The van der Waals surface area contributed by atoms with Gasteiger partial charge in [-0.15, -0.1) is 45.3 Å². The Morgan fingerprint density at radius 3 is 1.23 bits per heavy atom. The topological polar surface area (TPSA) is 438 Å². The zero-order chi connectivity index (χ0) is 95.3. The van der Waals surface area contributed by atoms with E-state index in [1.54, 1.807) is 86.3 Å². The molecule has 34 nitrogen and oxygen atoms in total. The molecular formula is C84H84BrCl2F4N15O19S8. The summed E-state index contributed by atoms with van der Waals surface area (Å²) in [5, 5.41) is 18.1. The number of aliphatic imine (C=N–C) groups is 4. The van der Waals surface area contributed by atoms with Crippen LogP contribution in [0, 0.1) is 29.2 Å². The van der Waals surface area contributed by atoms with Crippen LogP contribution in [0.3, 0.4) is 0 Å². The van der Waals surface area contributed by atoms with E-state index in [0.717, 1.165) is 12.3 Å². The number of allylic oxidation sites excluding steroid dienone is 1. The number of rotatable bonds is 27. The fourth-order valence-corrected chi connectivity index (χ4v) is 24.3. The van der Waals surface area contributed by atoms with Crippen molar-refractivity contribution in [2.24, 2.45) is 25.9 Å². The summed E-state index contributed by atoms with van der Waals surface area (Å²) in [5.41, 5.74) is 5.26. The molecule has 0 bridgehead atoms. The molecule has 49 heteroatoms. The summed E-state index contributed by atoms with van der Waals surface area (Å²) >= 11 is 21.6. The molecule has 9 aliphatic heterocycles. The second-order valence-corrected chi connectivity index (χ2v) is 43.8. The molecule has 0 aliphatic carbocycles. The van der Waals surface area contributed by atoms with Crippen LogP contribution in [0.2, 0.25) is 10.0 Å². The molecule has 0 unspecified atom stereocenters. The number of nitrogens with one attached hydrogen (secondary N) is 3. The largest absolute Gasteiger partial charge is 0.480 e. The molecule has 0 radical (unpaired) electrons. The van der Waals surface area contributed by atoms with E-state index >= 15 is 0 Å². The van der Waals surface area contributed by atoms with Crippen molar-refractivity contribution in [1.29, 1.82) is 0 Å². The maximum absolute atomic E-state index is 13.8. The monoisotopic (exact) mass is 2090 g/mol.